The zero-order valence-corrected chi connectivity index (χ0v) is 17.1. The molecule has 0 bridgehead atoms. The number of anilines is 2. The molecule has 1 N–H and O–H groups in total. The second-order valence-corrected chi connectivity index (χ2v) is 7.39. The summed E-state index contributed by atoms with van der Waals surface area (Å²) in [4.78, 5) is 39.0. The number of carbonyl (C=O) groups excluding carboxylic acids is 3. The van der Waals surface area contributed by atoms with Crippen molar-refractivity contribution in [3.8, 4) is 6.07 Å². The molecule has 0 unspecified atom stereocenters. The number of aryl methyl sites for hydroxylation is 1. The van der Waals surface area contributed by atoms with Gasteiger partial charge in [0.2, 0.25) is 5.91 Å². The van der Waals surface area contributed by atoms with Crippen molar-refractivity contribution in [3.05, 3.63) is 59.2 Å². The predicted octanol–water partition coefficient (Wildman–Crippen LogP) is 3.10. The number of amides is 2. The van der Waals surface area contributed by atoms with E-state index in [1.165, 1.54) is 13.0 Å². The van der Waals surface area contributed by atoms with Crippen LogP contribution in [0.5, 0.6) is 0 Å². The first kappa shape index (κ1) is 21.1. The normalized spacial score (nSPS) is 16.7. The molecule has 1 heterocycles. The Bertz CT molecular complexity index is 1040. The van der Waals surface area contributed by atoms with Crippen molar-refractivity contribution < 1.29 is 19.1 Å². The number of rotatable bonds is 5. The van der Waals surface area contributed by atoms with Crippen molar-refractivity contribution >= 4 is 29.2 Å². The van der Waals surface area contributed by atoms with Crippen molar-refractivity contribution in [1.82, 2.24) is 0 Å². The van der Waals surface area contributed by atoms with Gasteiger partial charge in [-0.2, -0.15) is 5.26 Å². The Morgan fingerprint density at radius 2 is 1.97 bits per heavy atom. The molecule has 2 aromatic carbocycles. The number of benzene rings is 2. The van der Waals surface area contributed by atoms with Crippen LogP contribution in [-0.4, -0.2) is 30.4 Å². The van der Waals surface area contributed by atoms with E-state index in [1.807, 2.05) is 38.1 Å². The summed E-state index contributed by atoms with van der Waals surface area (Å²) < 4.78 is 5.32. The second kappa shape index (κ2) is 8.78. The standard InChI is InChI=1S/C23H23N3O4/c1-14-6-4-9-20(15(14)2)26-13-18(11-21(26)27)23(29)30-16(3)22(28)25-19-8-5-7-17(10-19)12-24/h4-10,16,18H,11,13H2,1-3H3,(H,25,28)/t16-,18+/m0/s1. The van der Waals surface area contributed by atoms with Crippen LogP contribution in [0.1, 0.15) is 30.0 Å². The molecule has 30 heavy (non-hydrogen) atoms. The molecule has 0 spiro atoms. The molecular weight excluding hydrogens is 382 g/mol. The monoisotopic (exact) mass is 405 g/mol. The van der Waals surface area contributed by atoms with Crippen LogP contribution in [0.4, 0.5) is 11.4 Å². The van der Waals surface area contributed by atoms with E-state index in [9.17, 15) is 14.4 Å². The summed E-state index contributed by atoms with van der Waals surface area (Å²) in [6, 6.07) is 14.2. The van der Waals surface area contributed by atoms with Gasteiger partial charge in [0.25, 0.3) is 5.91 Å². The molecule has 0 radical (unpaired) electrons. The maximum atomic E-state index is 12.6. The number of ether oxygens (including phenoxy) is 1. The van der Waals surface area contributed by atoms with Gasteiger partial charge in [-0.05, 0) is 56.2 Å². The molecule has 2 aromatic rings. The third-order valence-corrected chi connectivity index (χ3v) is 5.25. The largest absolute Gasteiger partial charge is 0.452 e. The molecule has 1 fully saturated rings. The number of esters is 1. The number of nitrogens with one attached hydrogen (secondary N) is 1. The van der Waals surface area contributed by atoms with Crippen LogP contribution in [0.2, 0.25) is 0 Å². The van der Waals surface area contributed by atoms with E-state index in [1.54, 1.807) is 23.1 Å². The molecule has 0 saturated carbocycles. The molecule has 2 atom stereocenters. The minimum absolute atomic E-state index is 0.0464. The molecule has 3 rings (SSSR count). The molecular formula is C23H23N3O4. The maximum Gasteiger partial charge on any atom is 0.312 e. The van der Waals surface area contributed by atoms with Gasteiger partial charge >= 0.3 is 5.97 Å². The number of hydrogen-bond donors (Lipinski definition) is 1. The zero-order valence-electron chi connectivity index (χ0n) is 17.1. The number of carbonyl (C=O) groups is 3. The fourth-order valence-corrected chi connectivity index (χ4v) is 3.36. The van der Waals surface area contributed by atoms with Crippen molar-refractivity contribution in [2.24, 2.45) is 5.92 Å². The van der Waals surface area contributed by atoms with E-state index in [0.717, 1.165) is 16.8 Å². The van der Waals surface area contributed by atoms with Gasteiger partial charge in [0, 0.05) is 24.3 Å². The van der Waals surface area contributed by atoms with Gasteiger partial charge < -0.3 is 15.0 Å². The Morgan fingerprint density at radius 3 is 2.70 bits per heavy atom. The Morgan fingerprint density at radius 1 is 1.23 bits per heavy atom. The maximum absolute atomic E-state index is 12.6. The average molecular weight is 405 g/mol. The fourth-order valence-electron chi connectivity index (χ4n) is 3.36. The first-order valence-corrected chi connectivity index (χ1v) is 9.68. The van der Waals surface area contributed by atoms with Crippen molar-refractivity contribution in [2.75, 3.05) is 16.8 Å². The number of hydrogen-bond acceptors (Lipinski definition) is 5. The lowest BCUT2D eigenvalue weighted by molar-refractivity contribution is -0.157. The van der Waals surface area contributed by atoms with Crippen molar-refractivity contribution in [1.29, 1.82) is 5.26 Å². The summed E-state index contributed by atoms with van der Waals surface area (Å²) >= 11 is 0. The predicted molar refractivity (Wildman–Crippen MR) is 112 cm³/mol. The molecule has 0 aromatic heterocycles. The van der Waals surface area contributed by atoms with Crippen LogP contribution >= 0.6 is 0 Å². The van der Waals surface area contributed by atoms with Crippen LogP contribution in [0, 0.1) is 31.1 Å². The summed E-state index contributed by atoms with van der Waals surface area (Å²) in [7, 11) is 0. The number of nitrogens with zero attached hydrogens (tertiary/aromatic N) is 2. The van der Waals surface area contributed by atoms with E-state index in [2.05, 4.69) is 5.32 Å². The van der Waals surface area contributed by atoms with Crippen molar-refractivity contribution in [2.45, 2.75) is 33.3 Å². The minimum atomic E-state index is -1.03. The fraction of sp³-hybridized carbons (Fsp3) is 0.304. The van der Waals surface area contributed by atoms with Gasteiger partial charge in [-0.1, -0.05) is 18.2 Å². The highest BCUT2D eigenvalue weighted by Gasteiger charge is 2.37. The Balaban J connectivity index is 1.61. The lowest BCUT2D eigenvalue weighted by atomic mass is 10.1. The highest BCUT2D eigenvalue weighted by molar-refractivity contribution is 6.01. The van der Waals surface area contributed by atoms with Gasteiger partial charge in [-0.15, -0.1) is 0 Å². The highest BCUT2D eigenvalue weighted by atomic mass is 16.5. The van der Waals surface area contributed by atoms with Crippen LogP contribution in [0.3, 0.4) is 0 Å². The molecule has 7 heteroatoms. The number of nitriles is 1. The van der Waals surface area contributed by atoms with Crippen LogP contribution in [0.15, 0.2) is 42.5 Å². The first-order chi connectivity index (χ1) is 14.3. The lowest BCUT2D eigenvalue weighted by Gasteiger charge is -2.20. The Kier molecular flexibility index (Phi) is 6.17. The quantitative estimate of drug-likeness (QED) is 0.771. The van der Waals surface area contributed by atoms with Crippen LogP contribution in [0.25, 0.3) is 0 Å². The van der Waals surface area contributed by atoms with E-state index in [0.29, 0.717) is 11.3 Å². The summed E-state index contributed by atoms with van der Waals surface area (Å²) in [6.07, 6.45) is -0.988. The highest BCUT2D eigenvalue weighted by Crippen LogP contribution is 2.30. The van der Waals surface area contributed by atoms with Crippen molar-refractivity contribution in [3.63, 3.8) is 0 Å². The van der Waals surface area contributed by atoms with E-state index < -0.39 is 23.9 Å². The van der Waals surface area contributed by atoms with E-state index >= 15 is 0 Å². The molecule has 154 valence electrons. The molecule has 1 saturated heterocycles. The van der Waals surface area contributed by atoms with Gasteiger partial charge in [-0.3, -0.25) is 14.4 Å². The third kappa shape index (κ3) is 4.49. The molecule has 1 aliphatic rings. The molecule has 0 aliphatic carbocycles. The third-order valence-electron chi connectivity index (χ3n) is 5.25. The SMILES string of the molecule is Cc1cccc(N2C[C@H](C(=O)O[C@@H](C)C(=O)Nc3cccc(C#N)c3)CC2=O)c1C. The van der Waals surface area contributed by atoms with Gasteiger partial charge in [0.1, 0.15) is 0 Å². The zero-order chi connectivity index (χ0) is 21.8. The molecule has 1 aliphatic heterocycles. The average Bonchev–Trinajstić information content (AvgIpc) is 3.11. The van der Waals surface area contributed by atoms with Gasteiger partial charge in [-0.25, -0.2) is 0 Å². The Labute approximate surface area is 175 Å². The van der Waals surface area contributed by atoms with E-state index in [4.69, 9.17) is 10.00 Å². The summed E-state index contributed by atoms with van der Waals surface area (Å²) in [5, 5.41) is 11.6. The lowest BCUT2D eigenvalue weighted by Crippen LogP contribution is -2.33. The van der Waals surface area contributed by atoms with Gasteiger partial charge in [0.05, 0.1) is 17.6 Å². The van der Waals surface area contributed by atoms with Gasteiger partial charge in [0.15, 0.2) is 6.10 Å². The van der Waals surface area contributed by atoms with E-state index in [-0.39, 0.29) is 18.9 Å². The summed E-state index contributed by atoms with van der Waals surface area (Å²) in [5.74, 6) is -1.86. The summed E-state index contributed by atoms with van der Waals surface area (Å²) in [5.41, 5.74) is 3.70. The first-order valence-electron chi connectivity index (χ1n) is 9.68. The van der Waals surface area contributed by atoms with Crippen LogP contribution < -0.4 is 10.2 Å². The summed E-state index contributed by atoms with van der Waals surface area (Å²) in [6.45, 7) is 5.61. The Hall–Kier alpha value is -3.66. The molecule has 2 amide bonds. The van der Waals surface area contributed by atoms with Crippen LogP contribution in [-0.2, 0) is 19.1 Å². The molecule has 7 nitrogen and oxygen atoms in total. The minimum Gasteiger partial charge on any atom is -0.452 e. The second-order valence-electron chi connectivity index (χ2n) is 7.39. The smallest absolute Gasteiger partial charge is 0.312 e. The topological polar surface area (TPSA) is 99.5 Å².